The van der Waals surface area contributed by atoms with E-state index in [1.807, 2.05) is 22.2 Å². The van der Waals surface area contributed by atoms with Crippen molar-refractivity contribution >= 4 is 45.6 Å². The van der Waals surface area contributed by atoms with Crippen molar-refractivity contribution in [3.63, 3.8) is 0 Å². The first-order valence-corrected chi connectivity index (χ1v) is 8.57. The number of carbonyl (C=O) groups is 1. The SMILES string of the molecule is CSc1ccc(C(=O)N(C)Cc2c(Cl)nc3sccn23)o1. The first-order chi connectivity index (χ1) is 10.1. The number of hydrogen-bond acceptors (Lipinski definition) is 5. The van der Waals surface area contributed by atoms with Crippen molar-refractivity contribution in [3.8, 4) is 0 Å². The molecule has 3 aromatic heterocycles. The van der Waals surface area contributed by atoms with Crippen molar-refractivity contribution in [2.24, 2.45) is 0 Å². The molecule has 0 aliphatic carbocycles. The summed E-state index contributed by atoms with van der Waals surface area (Å²) in [5.41, 5.74) is 0.792. The molecule has 5 nitrogen and oxygen atoms in total. The van der Waals surface area contributed by atoms with Crippen LogP contribution in [0.25, 0.3) is 4.96 Å². The average molecular weight is 342 g/mol. The number of rotatable bonds is 4. The summed E-state index contributed by atoms with van der Waals surface area (Å²) >= 11 is 9.10. The Labute approximate surface area is 134 Å². The molecule has 0 spiro atoms. The number of nitrogens with zero attached hydrogens (tertiary/aromatic N) is 3. The van der Waals surface area contributed by atoms with E-state index < -0.39 is 0 Å². The van der Waals surface area contributed by atoms with E-state index in [0.717, 1.165) is 15.7 Å². The molecule has 0 aromatic carbocycles. The predicted molar refractivity (Wildman–Crippen MR) is 84.4 cm³/mol. The molecule has 0 saturated heterocycles. The van der Waals surface area contributed by atoms with Crippen LogP contribution in [0, 0.1) is 0 Å². The Balaban J connectivity index is 1.82. The lowest BCUT2D eigenvalue weighted by Crippen LogP contribution is -2.26. The molecule has 3 heterocycles. The summed E-state index contributed by atoms with van der Waals surface area (Å²) in [4.78, 5) is 19.0. The van der Waals surface area contributed by atoms with Crippen molar-refractivity contribution in [3.05, 3.63) is 40.3 Å². The highest BCUT2D eigenvalue weighted by Gasteiger charge is 2.20. The van der Waals surface area contributed by atoms with Gasteiger partial charge in [0.15, 0.2) is 21.0 Å². The highest BCUT2D eigenvalue weighted by atomic mass is 35.5. The second-order valence-corrected chi connectivity index (χ2v) is 6.43. The fourth-order valence-electron chi connectivity index (χ4n) is 1.98. The van der Waals surface area contributed by atoms with Crippen LogP contribution in [0.15, 0.2) is 33.2 Å². The molecule has 21 heavy (non-hydrogen) atoms. The minimum absolute atomic E-state index is 0.184. The molecule has 0 N–H and O–H groups in total. The second-order valence-electron chi connectivity index (χ2n) is 4.39. The molecular weight excluding hydrogens is 330 g/mol. The van der Waals surface area contributed by atoms with Crippen molar-refractivity contribution in [2.45, 2.75) is 11.6 Å². The third-order valence-electron chi connectivity index (χ3n) is 3.04. The van der Waals surface area contributed by atoms with Crippen molar-refractivity contribution in [2.75, 3.05) is 13.3 Å². The summed E-state index contributed by atoms with van der Waals surface area (Å²) < 4.78 is 7.35. The van der Waals surface area contributed by atoms with E-state index in [0.29, 0.717) is 17.5 Å². The van der Waals surface area contributed by atoms with Gasteiger partial charge in [-0.05, 0) is 18.4 Å². The van der Waals surface area contributed by atoms with Crippen LogP contribution in [-0.2, 0) is 6.54 Å². The summed E-state index contributed by atoms with van der Waals surface area (Å²) in [5, 5.41) is 3.07. The lowest BCUT2D eigenvalue weighted by molar-refractivity contribution is 0.0746. The molecule has 0 bridgehead atoms. The molecule has 8 heteroatoms. The zero-order chi connectivity index (χ0) is 15.0. The van der Waals surface area contributed by atoms with E-state index in [-0.39, 0.29) is 5.91 Å². The van der Waals surface area contributed by atoms with Crippen LogP contribution in [0.4, 0.5) is 0 Å². The van der Waals surface area contributed by atoms with Gasteiger partial charge in [0, 0.05) is 18.6 Å². The van der Waals surface area contributed by atoms with Crippen LogP contribution < -0.4 is 0 Å². The Bertz CT molecular complexity index is 792. The van der Waals surface area contributed by atoms with Gasteiger partial charge >= 0.3 is 0 Å². The van der Waals surface area contributed by atoms with Crippen LogP contribution in [-0.4, -0.2) is 33.5 Å². The quantitative estimate of drug-likeness (QED) is 0.680. The molecule has 3 rings (SSSR count). The first kappa shape index (κ1) is 14.5. The van der Waals surface area contributed by atoms with Gasteiger partial charge in [-0.15, -0.1) is 11.3 Å². The van der Waals surface area contributed by atoms with Gasteiger partial charge in [-0.3, -0.25) is 9.20 Å². The van der Waals surface area contributed by atoms with Crippen LogP contribution in [0.2, 0.25) is 5.15 Å². The molecule has 1 amide bonds. The monoisotopic (exact) mass is 341 g/mol. The Morgan fingerprint density at radius 1 is 1.57 bits per heavy atom. The molecule has 0 saturated carbocycles. The first-order valence-electron chi connectivity index (χ1n) is 6.09. The maximum Gasteiger partial charge on any atom is 0.289 e. The number of thiazole rings is 1. The highest BCUT2D eigenvalue weighted by molar-refractivity contribution is 7.98. The maximum absolute atomic E-state index is 12.3. The summed E-state index contributed by atoms with van der Waals surface area (Å²) in [6, 6.07) is 3.47. The lowest BCUT2D eigenvalue weighted by atomic mass is 10.3. The van der Waals surface area contributed by atoms with Crippen molar-refractivity contribution in [1.82, 2.24) is 14.3 Å². The zero-order valence-corrected chi connectivity index (χ0v) is 13.8. The molecule has 0 radical (unpaired) electrons. The van der Waals surface area contributed by atoms with Gasteiger partial charge < -0.3 is 9.32 Å². The van der Waals surface area contributed by atoms with E-state index in [2.05, 4.69) is 4.98 Å². The van der Waals surface area contributed by atoms with Gasteiger partial charge in [0.1, 0.15) is 0 Å². The largest absolute Gasteiger partial charge is 0.445 e. The summed E-state index contributed by atoms with van der Waals surface area (Å²) in [5.74, 6) is 0.139. The second kappa shape index (κ2) is 5.75. The number of amides is 1. The van der Waals surface area contributed by atoms with E-state index in [9.17, 15) is 4.79 Å². The van der Waals surface area contributed by atoms with Crippen LogP contribution >= 0.6 is 34.7 Å². The minimum atomic E-state index is -0.184. The van der Waals surface area contributed by atoms with Gasteiger partial charge in [0.05, 0.1) is 12.2 Å². The van der Waals surface area contributed by atoms with Crippen molar-refractivity contribution in [1.29, 1.82) is 0 Å². The molecule has 0 aliphatic rings. The number of carbonyl (C=O) groups excluding carboxylic acids is 1. The number of furan rings is 1. The minimum Gasteiger partial charge on any atom is -0.445 e. The standard InChI is InChI=1S/C13H12ClN3O2S2/c1-16(12(18)9-3-4-10(19-9)20-2)7-8-11(14)15-13-17(8)5-6-21-13/h3-6H,7H2,1-2H3. The Morgan fingerprint density at radius 3 is 3.10 bits per heavy atom. The van der Waals surface area contributed by atoms with Crippen LogP contribution in [0.5, 0.6) is 0 Å². The molecule has 0 fully saturated rings. The molecule has 0 unspecified atom stereocenters. The Morgan fingerprint density at radius 2 is 2.38 bits per heavy atom. The van der Waals surface area contributed by atoms with E-state index in [1.54, 1.807) is 24.1 Å². The Kier molecular flexibility index (Phi) is 3.97. The number of fused-ring (bicyclic) bond motifs is 1. The summed E-state index contributed by atoms with van der Waals surface area (Å²) in [6.45, 7) is 0.366. The molecule has 3 aromatic rings. The fourth-order valence-corrected chi connectivity index (χ4v) is 3.37. The average Bonchev–Trinajstić information content (AvgIpc) is 3.16. The number of thioether (sulfide) groups is 1. The van der Waals surface area contributed by atoms with Gasteiger partial charge in [-0.1, -0.05) is 23.4 Å². The third kappa shape index (κ3) is 2.68. The summed E-state index contributed by atoms with van der Waals surface area (Å²) in [6.07, 6.45) is 3.79. The van der Waals surface area contributed by atoms with E-state index in [4.69, 9.17) is 16.0 Å². The Hall–Kier alpha value is -1.44. The highest BCUT2D eigenvalue weighted by Crippen LogP contribution is 2.24. The van der Waals surface area contributed by atoms with Crippen molar-refractivity contribution < 1.29 is 9.21 Å². The van der Waals surface area contributed by atoms with Gasteiger partial charge in [0.25, 0.3) is 5.91 Å². The number of hydrogen-bond donors (Lipinski definition) is 0. The lowest BCUT2D eigenvalue weighted by Gasteiger charge is -2.15. The summed E-state index contributed by atoms with van der Waals surface area (Å²) in [7, 11) is 1.71. The predicted octanol–water partition coefficient (Wildman–Crippen LogP) is 3.64. The van der Waals surface area contributed by atoms with Gasteiger partial charge in [-0.25, -0.2) is 4.98 Å². The number of imidazole rings is 1. The normalized spacial score (nSPS) is 11.2. The van der Waals surface area contributed by atoms with E-state index in [1.165, 1.54) is 23.1 Å². The molecule has 0 aliphatic heterocycles. The van der Waals surface area contributed by atoms with Crippen LogP contribution in [0.1, 0.15) is 16.2 Å². The fraction of sp³-hybridized carbons (Fsp3) is 0.231. The molecule has 110 valence electrons. The van der Waals surface area contributed by atoms with E-state index >= 15 is 0 Å². The smallest absolute Gasteiger partial charge is 0.289 e. The number of aromatic nitrogens is 2. The zero-order valence-electron chi connectivity index (χ0n) is 11.4. The maximum atomic E-state index is 12.3. The molecule has 0 atom stereocenters. The number of halogens is 1. The third-order valence-corrected chi connectivity index (χ3v) is 4.72. The topological polar surface area (TPSA) is 50.8 Å². The van der Waals surface area contributed by atoms with Gasteiger partial charge in [-0.2, -0.15) is 0 Å². The molecular formula is C13H12ClN3O2S2. The van der Waals surface area contributed by atoms with Crippen LogP contribution in [0.3, 0.4) is 0 Å². The van der Waals surface area contributed by atoms with Gasteiger partial charge in [0.2, 0.25) is 0 Å².